The highest BCUT2D eigenvalue weighted by Gasteiger charge is 2.05. The SMILES string of the molecule is CCN(C)Cc1occc1CN. The first-order valence-corrected chi connectivity index (χ1v) is 4.21. The molecule has 0 saturated heterocycles. The highest BCUT2D eigenvalue weighted by molar-refractivity contribution is 5.16. The summed E-state index contributed by atoms with van der Waals surface area (Å²) in [4.78, 5) is 2.18. The summed E-state index contributed by atoms with van der Waals surface area (Å²) in [6.07, 6.45) is 1.70. The predicted molar refractivity (Wildman–Crippen MR) is 48.6 cm³/mol. The molecule has 0 amide bonds. The van der Waals surface area contributed by atoms with Gasteiger partial charge in [-0.05, 0) is 19.7 Å². The summed E-state index contributed by atoms with van der Waals surface area (Å²) in [6, 6.07) is 1.93. The van der Waals surface area contributed by atoms with E-state index in [0.29, 0.717) is 6.54 Å². The minimum absolute atomic E-state index is 0.559. The molecule has 2 N–H and O–H groups in total. The van der Waals surface area contributed by atoms with Crippen molar-refractivity contribution in [3.8, 4) is 0 Å². The smallest absolute Gasteiger partial charge is 0.122 e. The van der Waals surface area contributed by atoms with Gasteiger partial charge in [0.25, 0.3) is 0 Å². The number of nitrogens with zero attached hydrogens (tertiary/aromatic N) is 1. The van der Waals surface area contributed by atoms with Gasteiger partial charge in [-0.25, -0.2) is 0 Å². The summed E-state index contributed by atoms with van der Waals surface area (Å²) in [5, 5.41) is 0. The average molecular weight is 168 g/mol. The molecule has 12 heavy (non-hydrogen) atoms. The predicted octanol–water partition coefficient (Wildman–Crippen LogP) is 1.19. The molecule has 0 aliphatic heterocycles. The van der Waals surface area contributed by atoms with E-state index in [1.165, 1.54) is 0 Å². The number of nitrogens with two attached hydrogens (primary N) is 1. The topological polar surface area (TPSA) is 42.4 Å². The molecule has 0 radical (unpaired) electrons. The lowest BCUT2D eigenvalue weighted by molar-refractivity contribution is 0.307. The molecule has 0 spiro atoms. The van der Waals surface area contributed by atoms with Crippen molar-refractivity contribution in [2.75, 3.05) is 13.6 Å². The first-order valence-electron chi connectivity index (χ1n) is 4.21. The fraction of sp³-hybridized carbons (Fsp3) is 0.556. The minimum atomic E-state index is 0.559. The molecule has 0 fully saturated rings. The van der Waals surface area contributed by atoms with Gasteiger partial charge in [-0.1, -0.05) is 6.92 Å². The van der Waals surface area contributed by atoms with Crippen LogP contribution in [0.2, 0.25) is 0 Å². The first-order chi connectivity index (χ1) is 5.77. The second kappa shape index (κ2) is 4.28. The van der Waals surface area contributed by atoms with E-state index in [1.54, 1.807) is 6.26 Å². The number of furan rings is 1. The van der Waals surface area contributed by atoms with Gasteiger partial charge in [-0.2, -0.15) is 0 Å². The summed E-state index contributed by atoms with van der Waals surface area (Å²) in [6.45, 7) is 4.54. The highest BCUT2D eigenvalue weighted by Crippen LogP contribution is 2.11. The molecule has 0 aliphatic rings. The maximum absolute atomic E-state index is 5.53. The molecule has 1 aromatic heterocycles. The van der Waals surface area contributed by atoms with Gasteiger partial charge in [0, 0.05) is 12.1 Å². The molecule has 68 valence electrons. The zero-order valence-corrected chi connectivity index (χ0v) is 7.71. The maximum Gasteiger partial charge on any atom is 0.122 e. The van der Waals surface area contributed by atoms with Crippen molar-refractivity contribution >= 4 is 0 Å². The third kappa shape index (κ3) is 2.09. The van der Waals surface area contributed by atoms with Crippen LogP contribution in [0.3, 0.4) is 0 Å². The summed E-state index contributed by atoms with van der Waals surface area (Å²) >= 11 is 0. The fourth-order valence-electron chi connectivity index (χ4n) is 1.04. The van der Waals surface area contributed by atoms with E-state index < -0.39 is 0 Å². The van der Waals surface area contributed by atoms with Crippen molar-refractivity contribution in [3.05, 3.63) is 23.7 Å². The second-order valence-electron chi connectivity index (χ2n) is 2.90. The Morgan fingerprint density at radius 2 is 2.33 bits per heavy atom. The Morgan fingerprint density at radius 1 is 1.58 bits per heavy atom. The number of hydrogen-bond acceptors (Lipinski definition) is 3. The van der Waals surface area contributed by atoms with Gasteiger partial charge in [-0.15, -0.1) is 0 Å². The number of hydrogen-bond donors (Lipinski definition) is 1. The van der Waals surface area contributed by atoms with Crippen molar-refractivity contribution in [2.24, 2.45) is 5.73 Å². The quantitative estimate of drug-likeness (QED) is 0.734. The van der Waals surface area contributed by atoms with Gasteiger partial charge in [0.1, 0.15) is 5.76 Å². The van der Waals surface area contributed by atoms with Crippen molar-refractivity contribution < 1.29 is 4.42 Å². The Bertz CT molecular complexity index is 232. The minimum Gasteiger partial charge on any atom is -0.468 e. The van der Waals surface area contributed by atoms with Gasteiger partial charge >= 0.3 is 0 Å². The van der Waals surface area contributed by atoms with E-state index >= 15 is 0 Å². The van der Waals surface area contributed by atoms with Crippen LogP contribution < -0.4 is 5.73 Å². The third-order valence-corrected chi connectivity index (χ3v) is 2.01. The van der Waals surface area contributed by atoms with Crippen molar-refractivity contribution in [2.45, 2.75) is 20.0 Å². The molecule has 0 bridgehead atoms. The molecule has 0 saturated carbocycles. The largest absolute Gasteiger partial charge is 0.468 e. The Balaban J connectivity index is 2.61. The number of rotatable bonds is 4. The van der Waals surface area contributed by atoms with Gasteiger partial charge in [0.2, 0.25) is 0 Å². The molecular weight excluding hydrogens is 152 g/mol. The van der Waals surface area contributed by atoms with Crippen LogP contribution in [-0.4, -0.2) is 18.5 Å². The standard InChI is InChI=1S/C9H16N2O/c1-3-11(2)7-9-8(6-10)4-5-12-9/h4-5H,3,6-7,10H2,1-2H3. The van der Waals surface area contributed by atoms with E-state index in [9.17, 15) is 0 Å². The van der Waals surface area contributed by atoms with Gasteiger partial charge < -0.3 is 10.2 Å². The van der Waals surface area contributed by atoms with Crippen LogP contribution in [0.15, 0.2) is 16.7 Å². The van der Waals surface area contributed by atoms with Crippen LogP contribution >= 0.6 is 0 Å². The van der Waals surface area contributed by atoms with Crippen LogP contribution in [0.5, 0.6) is 0 Å². The Kier molecular flexibility index (Phi) is 3.31. The van der Waals surface area contributed by atoms with E-state index in [4.69, 9.17) is 10.2 Å². The maximum atomic E-state index is 5.53. The van der Waals surface area contributed by atoms with Crippen LogP contribution in [0.4, 0.5) is 0 Å². The molecule has 0 aromatic carbocycles. The Labute approximate surface area is 73.2 Å². The van der Waals surface area contributed by atoms with E-state index in [1.807, 2.05) is 6.07 Å². The van der Waals surface area contributed by atoms with Gasteiger partial charge in [0.15, 0.2) is 0 Å². The van der Waals surface area contributed by atoms with Crippen molar-refractivity contribution in [1.29, 1.82) is 0 Å². The fourth-order valence-corrected chi connectivity index (χ4v) is 1.04. The molecule has 1 rings (SSSR count). The second-order valence-corrected chi connectivity index (χ2v) is 2.90. The molecule has 3 nitrogen and oxygen atoms in total. The van der Waals surface area contributed by atoms with Crippen LogP contribution in [0.1, 0.15) is 18.2 Å². The lowest BCUT2D eigenvalue weighted by Crippen LogP contribution is -2.17. The third-order valence-electron chi connectivity index (χ3n) is 2.01. The highest BCUT2D eigenvalue weighted by atomic mass is 16.3. The monoisotopic (exact) mass is 168 g/mol. The van der Waals surface area contributed by atoms with Gasteiger partial charge in [-0.3, -0.25) is 4.90 Å². The lowest BCUT2D eigenvalue weighted by Gasteiger charge is -2.12. The normalized spacial score (nSPS) is 11.0. The zero-order valence-electron chi connectivity index (χ0n) is 7.71. The first kappa shape index (κ1) is 9.29. The van der Waals surface area contributed by atoms with Crippen LogP contribution in [0, 0.1) is 0 Å². The molecule has 0 aliphatic carbocycles. The molecule has 0 unspecified atom stereocenters. The lowest BCUT2D eigenvalue weighted by atomic mass is 10.2. The van der Waals surface area contributed by atoms with Gasteiger partial charge in [0.05, 0.1) is 12.8 Å². The zero-order chi connectivity index (χ0) is 8.97. The average Bonchev–Trinajstić information content (AvgIpc) is 2.51. The van der Waals surface area contributed by atoms with Crippen LogP contribution in [0.25, 0.3) is 0 Å². The summed E-state index contributed by atoms with van der Waals surface area (Å²) < 4.78 is 5.31. The molecule has 0 atom stereocenters. The molecule has 1 heterocycles. The van der Waals surface area contributed by atoms with E-state index in [2.05, 4.69) is 18.9 Å². The molecule has 3 heteroatoms. The molecule has 1 aromatic rings. The van der Waals surface area contributed by atoms with E-state index in [-0.39, 0.29) is 0 Å². The van der Waals surface area contributed by atoms with Crippen LogP contribution in [-0.2, 0) is 13.1 Å². The summed E-state index contributed by atoms with van der Waals surface area (Å²) in [5.41, 5.74) is 6.64. The summed E-state index contributed by atoms with van der Waals surface area (Å²) in [5.74, 6) is 0.988. The Hall–Kier alpha value is -0.800. The summed E-state index contributed by atoms with van der Waals surface area (Å²) in [7, 11) is 2.06. The Morgan fingerprint density at radius 3 is 2.92 bits per heavy atom. The van der Waals surface area contributed by atoms with E-state index in [0.717, 1.165) is 24.4 Å². The molecular formula is C9H16N2O. The van der Waals surface area contributed by atoms with Crippen molar-refractivity contribution in [3.63, 3.8) is 0 Å². The van der Waals surface area contributed by atoms with Crippen molar-refractivity contribution in [1.82, 2.24) is 4.90 Å².